The highest BCUT2D eigenvalue weighted by molar-refractivity contribution is 5.86. The van der Waals surface area contributed by atoms with Crippen LogP contribution in [-0.2, 0) is 37.9 Å². The third-order valence-electron chi connectivity index (χ3n) is 5.22. The van der Waals surface area contributed by atoms with E-state index in [2.05, 4.69) is 0 Å². The van der Waals surface area contributed by atoms with E-state index < -0.39 is 76.6 Å². The van der Waals surface area contributed by atoms with Crippen molar-refractivity contribution in [2.24, 2.45) is 0 Å². The Bertz CT molecular complexity index is 1160. The molecule has 0 aliphatic heterocycles. The van der Waals surface area contributed by atoms with Gasteiger partial charge in [-0.15, -0.1) is 0 Å². The number of amides is 1. The standard InChI is InChI=1S/C23H20F6N2O7/c1-2-38-19(33)11-17(13-3-5-16(6-4-13)31(36)37)20(21(34)35)30-18(32)9-12-7-14(22(24,25)26)10-15(8-12)23(27,28)29/h3-8,10,17,20H,2,9,11H2,1H3,(H,30,32)(H,34,35)/t17-,20-/m1/s1. The predicted molar refractivity (Wildman–Crippen MR) is 117 cm³/mol. The van der Waals surface area contributed by atoms with Gasteiger partial charge in [-0.05, 0) is 36.2 Å². The number of esters is 1. The summed E-state index contributed by atoms with van der Waals surface area (Å²) in [5.41, 5.74) is -4.29. The number of halogens is 6. The number of hydrogen-bond donors (Lipinski definition) is 2. The van der Waals surface area contributed by atoms with Crippen LogP contribution in [0.15, 0.2) is 42.5 Å². The first kappa shape index (κ1) is 30.1. The molecule has 38 heavy (non-hydrogen) atoms. The van der Waals surface area contributed by atoms with Crippen LogP contribution in [0, 0.1) is 10.1 Å². The number of nitro benzene ring substituents is 1. The fraction of sp³-hybridized carbons (Fsp3) is 0.348. The largest absolute Gasteiger partial charge is 0.480 e. The fourth-order valence-electron chi connectivity index (χ4n) is 3.54. The zero-order valence-electron chi connectivity index (χ0n) is 19.4. The number of carboxylic acid groups (broad SMARTS) is 1. The Hall–Kier alpha value is -4.17. The minimum atomic E-state index is -5.16. The van der Waals surface area contributed by atoms with E-state index in [4.69, 9.17) is 4.74 Å². The van der Waals surface area contributed by atoms with Crippen molar-refractivity contribution in [1.29, 1.82) is 0 Å². The molecule has 15 heteroatoms. The van der Waals surface area contributed by atoms with E-state index in [1.165, 1.54) is 6.92 Å². The molecule has 2 atom stereocenters. The van der Waals surface area contributed by atoms with Crippen molar-refractivity contribution in [2.45, 2.75) is 44.1 Å². The van der Waals surface area contributed by atoms with Crippen LogP contribution in [0.3, 0.4) is 0 Å². The molecule has 0 radical (unpaired) electrons. The Morgan fingerprint density at radius 2 is 1.53 bits per heavy atom. The molecule has 0 spiro atoms. The summed E-state index contributed by atoms with van der Waals surface area (Å²) in [7, 11) is 0. The molecular weight excluding hydrogens is 530 g/mol. The van der Waals surface area contributed by atoms with E-state index in [0.29, 0.717) is 12.1 Å². The van der Waals surface area contributed by atoms with Gasteiger partial charge in [0.1, 0.15) is 6.04 Å². The highest BCUT2D eigenvalue weighted by Gasteiger charge is 2.38. The third-order valence-corrected chi connectivity index (χ3v) is 5.22. The van der Waals surface area contributed by atoms with Crippen LogP contribution in [0.5, 0.6) is 0 Å². The number of carbonyl (C=O) groups is 3. The molecule has 0 fully saturated rings. The highest BCUT2D eigenvalue weighted by atomic mass is 19.4. The van der Waals surface area contributed by atoms with Gasteiger partial charge in [0, 0.05) is 18.1 Å². The number of carbonyl (C=O) groups excluding carboxylic acids is 2. The molecule has 0 aliphatic carbocycles. The van der Waals surface area contributed by atoms with Gasteiger partial charge in [0.05, 0.1) is 35.5 Å². The molecule has 1 amide bonds. The van der Waals surface area contributed by atoms with Crippen LogP contribution < -0.4 is 5.32 Å². The molecule has 0 aliphatic rings. The summed E-state index contributed by atoms with van der Waals surface area (Å²) in [6.07, 6.45) is -12.0. The smallest absolute Gasteiger partial charge is 0.416 e. The van der Waals surface area contributed by atoms with Crippen LogP contribution >= 0.6 is 0 Å². The summed E-state index contributed by atoms with van der Waals surface area (Å²) < 4.78 is 83.5. The Morgan fingerprint density at radius 3 is 1.95 bits per heavy atom. The van der Waals surface area contributed by atoms with Crippen molar-refractivity contribution in [3.8, 4) is 0 Å². The van der Waals surface area contributed by atoms with E-state index in [1.54, 1.807) is 0 Å². The second-order valence-corrected chi connectivity index (χ2v) is 7.94. The molecule has 0 unspecified atom stereocenters. The molecule has 9 nitrogen and oxygen atoms in total. The average molecular weight is 550 g/mol. The van der Waals surface area contributed by atoms with E-state index in [0.717, 1.165) is 24.3 Å². The Morgan fingerprint density at radius 1 is 1.00 bits per heavy atom. The van der Waals surface area contributed by atoms with Gasteiger partial charge in [-0.25, -0.2) is 4.79 Å². The number of nitro groups is 1. The van der Waals surface area contributed by atoms with Crippen molar-refractivity contribution in [3.05, 3.63) is 74.8 Å². The number of non-ortho nitro benzene ring substituents is 1. The first-order valence-electron chi connectivity index (χ1n) is 10.7. The van der Waals surface area contributed by atoms with Crippen LogP contribution in [0.2, 0.25) is 0 Å². The van der Waals surface area contributed by atoms with Gasteiger partial charge in [-0.3, -0.25) is 19.7 Å². The lowest BCUT2D eigenvalue weighted by Gasteiger charge is -2.25. The number of alkyl halides is 6. The van der Waals surface area contributed by atoms with E-state index in [-0.39, 0.29) is 23.9 Å². The number of nitrogens with zero attached hydrogens (tertiary/aromatic N) is 1. The molecule has 0 aromatic heterocycles. The van der Waals surface area contributed by atoms with Crippen molar-refractivity contribution in [2.75, 3.05) is 6.61 Å². The maximum atomic E-state index is 13.1. The number of rotatable bonds is 10. The summed E-state index contributed by atoms with van der Waals surface area (Å²) in [4.78, 5) is 46.9. The lowest BCUT2D eigenvalue weighted by molar-refractivity contribution is -0.384. The maximum Gasteiger partial charge on any atom is 0.416 e. The molecule has 2 aromatic rings. The quantitative estimate of drug-likeness (QED) is 0.193. The van der Waals surface area contributed by atoms with E-state index >= 15 is 0 Å². The van der Waals surface area contributed by atoms with Gasteiger partial charge >= 0.3 is 24.3 Å². The first-order chi connectivity index (χ1) is 17.5. The molecule has 0 bridgehead atoms. The number of nitrogens with one attached hydrogen (secondary N) is 1. The third kappa shape index (κ3) is 8.18. The highest BCUT2D eigenvalue weighted by Crippen LogP contribution is 2.36. The average Bonchev–Trinajstić information content (AvgIpc) is 2.80. The second kappa shape index (κ2) is 11.9. The predicted octanol–water partition coefficient (Wildman–Crippen LogP) is 4.48. The van der Waals surface area contributed by atoms with Crippen molar-refractivity contribution in [1.82, 2.24) is 5.32 Å². The van der Waals surface area contributed by atoms with Gasteiger partial charge in [-0.1, -0.05) is 12.1 Å². The molecule has 0 heterocycles. The molecule has 2 rings (SSSR count). The minimum Gasteiger partial charge on any atom is -0.480 e. The zero-order valence-corrected chi connectivity index (χ0v) is 19.4. The Kier molecular flexibility index (Phi) is 9.43. The SMILES string of the molecule is CCOC(=O)C[C@H](c1ccc([N+](=O)[O-])cc1)[C@@H](NC(=O)Cc1cc(C(F)(F)F)cc(C(F)(F)F)c1)C(=O)O. The Balaban J connectivity index is 2.41. The van der Waals surface area contributed by atoms with Gasteiger partial charge in [-0.2, -0.15) is 26.3 Å². The zero-order chi connectivity index (χ0) is 28.8. The summed E-state index contributed by atoms with van der Waals surface area (Å²) in [6, 6.07) is 2.98. The Labute approximate surface area is 210 Å². The number of aliphatic carboxylic acids is 1. The van der Waals surface area contributed by atoms with Crippen molar-refractivity contribution < 1.29 is 55.5 Å². The molecule has 2 aromatic carbocycles. The molecular formula is C23H20F6N2O7. The topological polar surface area (TPSA) is 136 Å². The van der Waals surface area contributed by atoms with E-state index in [9.17, 15) is 55.9 Å². The first-order valence-corrected chi connectivity index (χ1v) is 10.7. The van der Waals surface area contributed by atoms with Crippen LogP contribution in [0.1, 0.15) is 41.5 Å². The monoisotopic (exact) mass is 550 g/mol. The van der Waals surface area contributed by atoms with Crippen molar-refractivity contribution >= 4 is 23.5 Å². The number of hydrogen-bond acceptors (Lipinski definition) is 6. The molecule has 0 saturated carbocycles. The lowest BCUT2D eigenvalue weighted by atomic mass is 9.88. The number of ether oxygens (including phenoxy) is 1. The van der Waals surface area contributed by atoms with Crippen molar-refractivity contribution in [3.63, 3.8) is 0 Å². The molecule has 0 saturated heterocycles. The van der Waals surface area contributed by atoms with Crippen LogP contribution in [0.25, 0.3) is 0 Å². The molecule has 2 N–H and O–H groups in total. The van der Waals surface area contributed by atoms with Crippen LogP contribution in [0.4, 0.5) is 32.0 Å². The summed E-state index contributed by atoms with van der Waals surface area (Å²) in [5.74, 6) is -5.18. The molecule has 206 valence electrons. The normalized spacial score (nSPS) is 13.3. The summed E-state index contributed by atoms with van der Waals surface area (Å²) in [5, 5.41) is 22.7. The fourth-order valence-corrected chi connectivity index (χ4v) is 3.54. The summed E-state index contributed by atoms with van der Waals surface area (Å²) >= 11 is 0. The van der Waals surface area contributed by atoms with Crippen LogP contribution in [-0.4, -0.2) is 40.5 Å². The second-order valence-electron chi connectivity index (χ2n) is 7.94. The number of benzene rings is 2. The van der Waals surface area contributed by atoms with Gasteiger partial charge in [0.15, 0.2) is 0 Å². The number of carboxylic acids is 1. The summed E-state index contributed by atoms with van der Waals surface area (Å²) in [6.45, 7) is 1.40. The van der Waals surface area contributed by atoms with Gasteiger partial charge < -0.3 is 15.2 Å². The minimum absolute atomic E-state index is 0.0646. The van der Waals surface area contributed by atoms with Gasteiger partial charge in [0.2, 0.25) is 5.91 Å². The maximum absolute atomic E-state index is 13.1. The lowest BCUT2D eigenvalue weighted by Crippen LogP contribution is -2.46. The van der Waals surface area contributed by atoms with E-state index in [1.807, 2.05) is 5.32 Å². The van der Waals surface area contributed by atoms with Gasteiger partial charge in [0.25, 0.3) is 5.69 Å².